The van der Waals surface area contributed by atoms with Crippen LogP contribution in [0.25, 0.3) is 0 Å². The highest BCUT2D eigenvalue weighted by Gasteiger charge is 2.43. The summed E-state index contributed by atoms with van der Waals surface area (Å²) in [5, 5.41) is 67.6. The van der Waals surface area contributed by atoms with E-state index in [0.29, 0.717) is 13.1 Å². The monoisotopic (exact) mass is 707 g/mol. The first-order valence-electron chi connectivity index (χ1n) is 16.2. The predicted octanol–water partition coefficient (Wildman–Crippen LogP) is 0.495. The van der Waals surface area contributed by atoms with E-state index in [1.54, 1.807) is 36.1 Å². The molecule has 16 heteroatoms. The highest BCUT2D eigenvalue weighted by molar-refractivity contribution is 8.00. The van der Waals surface area contributed by atoms with Gasteiger partial charge in [-0.3, -0.25) is 9.59 Å². The van der Waals surface area contributed by atoms with E-state index in [2.05, 4.69) is 10.5 Å². The summed E-state index contributed by atoms with van der Waals surface area (Å²) in [7, 11) is 0. The Labute approximate surface area is 288 Å². The minimum Gasteiger partial charge on any atom is -0.508 e. The molecule has 0 spiro atoms. The first-order chi connectivity index (χ1) is 23.5. The van der Waals surface area contributed by atoms with E-state index in [1.807, 2.05) is 0 Å². The predicted molar refractivity (Wildman–Crippen MR) is 178 cm³/mol. The molecule has 2 unspecified atom stereocenters. The molecule has 7 N–H and O–H groups in total. The molecule has 2 saturated heterocycles. The fraction of sp³-hybridized carbons (Fsp3) is 0.576. The zero-order valence-electron chi connectivity index (χ0n) is 27.2. The number of cyclic esters (lactones) is 1. The molecule has 0 bridgehead atoms. The first kappa shape index (κ1) is 38.1. The number of rotatable bonds is 8. The number of allylic oxidation sites excluding steroid dienone is 1. The van der Waals surface area contributed by atoms with Crippen LogP contribution in [0.5, 0.6) is 11.5 Å². The van der Waals surface area contributed by atoms with Crippen molar-refractivity contribution in [3.05, 3.63) is 47.6 Å². The molecule has 0 radical (unpaired) electrons. The van der Waals surface area contributed by atoms with Crippen molar-refractivity contribution < 1.29 is 59.3 Å². The van der Waals surface area contributed by atoms with Crippen molar-refractivity contribution in [3.8, 4) is 11.5 Å². The largest absolute Gasteiger partial charge is 0.508 e. The molecule has 2 fully saturated rings. The number of aliphatic hydroxyl groups excluding tert-OH is 4. The molecule has 15 nitrogen and oxygen atoms in total. The Morgan fingerprint density at radius 3 is 2.55 bits per heavy atom. The van der Waals surface area contributed by atoms with E-state index in [-0.39, 0.29) is 60.1 Å². The molecular weight excluding hydrogens is 662 g/mol. The highest BCUT2D eigenvalue weighted by atomic mass is 32.2. The third-order valence-electron chi connectivity index (χ3n) is 8.26. The van der Waals surface area contributed by atoms with Crippen LogP contribution in [0.1, 0.15) is 54.9 Å². The third kappa shape index (κ3) is 10.9. The lowest BCUT2D eigenvalue weighted by Gasteiger charge is -2.39. The second-order valence-electron chi connectivity index (χ2n) is 12.2. The van der Waals surface area contributed by atoms with Gasteiger partial charge in [-0.2, -0.15) is 0 Å². The number of thioether (sulfide) groups is 1. The molecule has 3 aliphatic rings. The van der Waals surface area contributed by atoms with E-state index in [4.69, 9.17) is 14.3 Å². The summed E-state index contributed by atoms with van der Waals surface area (Å²) in [6.07, 6.45) is 3.85. The Morgan fingerprint density at radius 1 is 1.06 bits per heavy atom. The number of nitrogens with one attached hydrogen (secondary N) is 1. The second kappa shape index (κ2) is 18.4. The van der Waals surface area contributed by atoms with Gasteiger partial charge in [0, 0.05) is 32.0 Å². The number of amides is 2. The van der Waals surface area contributed by atoms with Crippen LogP contribution in [0.3, 0.4) is 0 Å². The van der Waals surface area contributed by atoms with Crippen LogP contribution >= 0.6 is 11.8 Å². The maximum atomic E-state index is 13.2. The number of nitrogens with zero attached hydrogens (tertiary/aromatic N) is 2. The molecule has 7 atom stereocenters. The Balaban J connectivity index is 1.50. The van der Waals surface area contributed by atoms with Gasteiger partial charge in [0.2, 0.25) is 5.91 Å². The van der Waals surface area contributed by atoms with Gasteiger partial charge in [-0.25, -0.2) is 4.79 Å². The Bertz CT molecular complexity index is 1400. The van der Waals surface area contributed by atoms with E-state index in [9.17, 15) is 45.0 Å². The van der Waals surface area contributed by atoms with Crippen molar-refractivity contribution >= 4 is 35.3 Å². The quantitative estimate of drug-likeness (QED) is 0.111. The van der Waals surface area contributed by atoms with Crippen molar-refractivity contribution in [3.63, 3.8) is 0 Å². The standard InChI is InChI=1S/C33H45N3O12S/c1-19-7-5-8-21(34-26(40)18-49-33-31(44)30(43)29(42)25(16-37)48-33)9-6-10-22(35-46-17-27(41)36-11-3-2-4-12-36)13-20-14-23(38)15-24(39)28(20)32(45)47-19/h5-6,8,10,14-15,19,21,25,29-31,33,37-39,42-44H,2-4,7,9,11-13,16-18H2,1H3,(H,34,40)/b8-5+,10-6+,35-22-/t19-,21-,25?,29+,30?,31-,33-/m1/s1. The number of aliphatic hydroxyl groups is 4. The summed E-state index contributed by atoms with van der Waals surface area (Å²) >= 11 is 0.900. The van der Waals surface area contributed by atoms with E-state index >= 15 is 0 Å². The topological polar surface area (TPSA) is 228 Å². The number of aromatic hydroxyl groups is 2. The van der Waals surface area contributed by atoms with Crippen molar-refractivity contribution in [2.75, 3.05) is 32.1 Å². The van der Waals surface area contributed by atoms with Crippen LogP contribution in [0.2, 0.25) is 0 Å². The van der Waals surface area contributed by atoms with Gasteiger partial charge in [-0.05, 0) is 50.3 Å². The molecule has 49 heavy (non-hydrogen) atoms. The van der Waals surface area contributed by atoms with Crippen LogP contribution in [-0.2, 0) is 30.3 Å². The van der Waals surface area contributed by atoms with Gasteiger partial charge in [0.1, 0.15) is 53.0 Å². The molecule has 3 heterocycles. The van der Waals surface area contributed by atoms with Gasteiger partial charge in [-0.1, -0.05) is 23.4 Å². The number of fused-ring (bicyclic) bond motifs is 1. The fourth-order valence-electron chi connectivity index (χ4n) is 5.64. The van der Waals surface area contributed by atoms with Crippen LogP contribution < -0.4 is 5.32 Å². The van der Waals surface area contributed by atoms with Crippen LogP contribution in [0.4, 0.5) is 0 Å². The van der Waals surface area contributed by atoms with Crippen LogP contribution in [0.15, 0.2) is 41.6 Å². The van der Waals surface area contributed by atoms with Gasteiger partial charge in [0.15, 0.2) is 6.61 Å². The molecule has 0 aromatic heterocycles. The number of oxime groups is 1. The lowest BCUT2D eigenvalue weighted by molar-refractivity contribution is -0.205. The molecular formula is C33H45N3O12S. The number of carbonyl (C=O) groups is 3. The Kier molecular flexibility index (Phi) is 14.3. The summed E-state index contributed by atoms with van der Waals surface area (Å²) in [6, 6.07) is 1.80. The van der Waals surface area contributed by atoms with Gasteiger partial charge in [0.25, 0.3) is 5.91 Å². The Morgan fingerprint density at radius 2 is 1.82 bits per heavy atom. The van der Waals surface area contributed by atoms with Gasteiger partial charge >= 0.3 is 5.97 Å². The zero-order valence-corrected chi connectivity index (χ0v) is 28.0. The van der Waals surface area contributed by atoms with Crippen molar-refractivity contribution in [2.45, 2.75) is 87.4 Å². The SMILES string of the molecule is C[C@@H]1C/C=C/[C@@H](NC(=O)CS[C@H]2OC(CO)[C@H](O)C(O)[C@H]2O)C/C=C/C(=N/OCC(=O)N2CCCCC2)Cc2cc(O)cc(O)c2C(=O)O1. The van der Waals surface area contributed by atoms with Gasteiger partial charge < -0.3 is 55.2 Å². The molecule has 0 saturated carbocycles. The van der Waals surface area contributed by atoms with Crippen molar-refractivity contribution in [2.24, 2.45) is 5.16 Å². The van der Waals surface area contributed by atoms with Crippen molar-refractivity contribution in [1.29, 1.82) is 0 Å². The number of esters is 1. The number of phenols is 2. The molecule has 3 aliphatic heterocycles. The molecule has 1 aromatic rings. The van der Waals surface area contributed by atoms with Gasteiger partial charge in [0.05, 0.1) is 24.1 Å². The normalized spacial score (nSPS) is 30.4. The average molecular weight is 708 g/mol. The summed E-state index contributed by atoms with van der Waals surface area (Å²) in [5.74, 6) is -2.39. The molecule has 0 aliphatic carbocycles. The van der Waals surface area contributed by atoms with Crippen molar-refractivity contribution in [1.82, 2.24) is 10.2 Å². The van der Waals surface area contributed by atoms with E-state index < -0.39 is 66.2 Å². The summed E-state index contributed by atoms with van der Waals surface area (Å²) in [4.78, 5) is 45.9. The van der Waals surface area contributed by atoms with E-state index in [1.165, 1.54) is 6.07 Å². The minimum atomic E-state index is -1.56. The van der Waals surface area contributed by atoms with Gasteiger partial charge in [-0.15, -0.1) is 11.8 Å². The highest BCUT2D eigenvalue weighted by Crippen LogP contribution is 2.30. The maximum Gasteiger partial charge on any atom is 0.342 e. The second-order valence-corrected chi connectivity index (χ2v) is 13.3. The number of carbonyl (C=O) groups excluding carboxylic acids is 3. The van der Waals surface area contributed by atoms with Crippen LogP contribution in [-0.4, -0.2) is 133 Å². The Hall–Kier alpha value is -3.67. The lowest BCUT2D eigenvalue weighted by Crippen LogP contribution is -2.57. The molecule has 4 rings (SSSR count). The lowest BCUT2D eigenvalue weighted by atomic mass is 9.99. The number of hydrogen-bond acceptors (Lipinski definition) is 14. The minimum absolute atomic E-state index is 0.0855. The third-order valence-corrected chi connectivity index (χ3v) is 9.40. The summed E-state index contributed by atoms with van der Waals surface area (Å²) in [6.45, 7) is 2.07. The molecule has 2 amide bonds. The number of ether oxygens (including phenoxy) is 2. The number of benzene rings is 1. The number of hydrogen-bond donors (Lipinski definition) is 7. The number of likely N-dealkylation sites (tertiary alicyclic amines) is 1. The average Bonchev–Trinajstić information content (AvgIpc) is 3.06. The fourth-order valence-corrected chi connectivity index (χ4v) is 6.62. The molecule has 1 aromatic carbocycles. The molecule has 270 valence electrons. The maximum absolute atomic E-state index is 13.2. The smallest absolute Gasteiger partial charge is 0.342 e. The summed E-state index contributed by atoms with van der Waals surface area (Å²) in [5.41, 5.74) is -0.744. The number of phenolic OH excluding ortho intramolecular Hbond substituents is 2. The zero-order chi connectivity index (χ0) is 35.5. The van der Waals surface area contributed by atoms with Crippen LogP contribution in [0, 0.1) is 0 Å². The van der Waals surface area contributed by atoms with E-state index in [0.717, 1.165) is 37.1 Å². The number of piperidine rings is 1. The summed E-state index contributed by atoms with van der Waals surface area (Å²) < 4.78 is 11.0. The first-order valence-corrected chi connectivity index (χ1v) is 17.3.